The molecule has 0 N–H and O–H groups in total. The van der Waals surface area contributed by atoms with Crippen LogP contribution in [-0.4, -0.2) is 5.78 Å². The Labute approximate surface area is 120 Å². The molecule has 0 spiro atoms. The Morgan fingerprint density at radius 3 is 2.40 bits per heavy atom. The van der Waals surface area contributed by atoms with E-state index in [1.54, 1.807) is 6.08 Å². The molecule has 0 heterocycles. The Balaban J connectivity index is 2.07. The molecule has 0 aliphatic rings. The Bertz CT molecular complexity index is 712. The van der Waals surface area contributed by atoms with E-state index in [1.165, 1.54) is 11.6 Å². The minimum atomic E-state index is -0.187. The van der Waals surface area contributed by atoms with Gasteiger partial charge in [-0.25, -0.2) is 0 Å². The number of aryl methyl sites for hydroxylation is 2. The largest absolute Gasteiger partial charge is 0.280 e. The molecular formula is C19H16O. The van der Waals surface area contributed by atoms with Crippen molar-refractivity contribution >= 4 is 11.9 Å². The number of carbonyl (C=O) groups is 1. The Morgan fingerprint density at radius 1 is 1.00 bits per heavy atom. The normalized spacial score (nSPS) is 10.1. The van der Waals surface area contributed by atoms with Crippen LogP contribution in [0.5, 0.6) is 0 Å². The smallest absolute Gasteiger partial charge is 0.229 e. The molecule has 20 heavy (non-hydrogen) atoms. The zero-order valence-corrected chi connectivity index (χ0v) is 11.7. The van der Waals surface area contributed by atoms with Crippen molar-refractivity contribution in [3.05, 3.63) is 76.9 Å². The van der Waals surface area contributed by atoms with Crippen molar-refractivity contribution in [1.82, 2.24) is 0 Å². The average Bonchev–Trinajstić information content (AvgIpc) is 2.43. The lowest BCUT2D eigenvalue weighted by Gasteiger charge is -1.94. The van der Waals surface area contributed by atoms with E-state index in [9.17, 15) is 4.79 Å². The van der Waals surface area contributed by atoms with E-state index in [2.05, 4.69) is 11.8 Å². The van der Waals surface area contributed by atoms with Gasteiger partial charge in [-0.3, -0.25) is 4.79 Å². The second kappa shape index (κ2) is 6.54. The van der Waals surface area contributed by atoms with Crippen molar-refractivity contribution in [3.8, 4) is 11.8 Å². The zero-order valence-electron chi connectivity index (χ0n) is 11.7. The molecule has 0 aliphatic carbocycles. The van der Waals surface area contributed by atoms with E-state index in [-0.39, 0.29) is 5.78 Å². The summed E-state index contributed by atoms with van der Waals surface area (Å²) in [5.41, 5.74) is 4.18. The molecule has 1 heteroatoms. The van der Waals surface area contributed by atoms with Gasteiger partial charge in [-0.05, 0) is 49.1 Å². The molecule has 2 aromatic rings. The molecule has 0 radical (unpaired) electrons. The van der Waals surface area contributed by atoms with Gasteiger partial charge in [-0.1, -0.05) is 54.0 Å². The fourth-order valence-electron chi connectivity index (χ4n) is 1.84. The van der Waals surface area contributed by atoms with E-state index in [0.717, 1.165) is 16.7 Å². The highest BCUT2D eigenvalue weighted by Gasteiger charge is 1.92. The van der Waals surface area contributed by atoms with Crippen LogP contribution in [0.2, 0.25) is 0 Å². The maximum absolute atomic E-state index is 11.7. The van der Waals surface area contributed by atoms with E-state index in [1.807, 2.05) is 62.4 Å². The average molecular weight is 260 g/mol. The monoisotopic (exact) mass is 260 g/mol. The standard InChI is InChI=1S/C19H16O/c1-15-5-3-7-17(13-15)9-11-19(20)12-10-18-8-4-6-16(2)14-18/h3-9,11,13-14H,1-2H3/b11-9+. The number of hydrogen-bond donors (Lipinski definition) is 0. The van der Waals surface area contributed by atoms with Crippen LogP contribution in [0.1, 0.15) is 22.3 Å². The number of rotatable bonds is 2. The first-order chi connectivity index (χ1) is 9.63. The third kappa shape index (κ3) is 4.26. The molecule has 0 aromatic heterocycles. The molecule has 0 amide bonds. The van der Waals surface area contributed by atoms with Gasteiger partial charge in [-0.15, -0.1) is 0 Å². The van der Waals surface area contributed by atoms with Crippen molar-refractivity contribution in [2.75, 3.05) is 0 Å². The highest BCUT2D eigenvalue weighted by Crippen LogP contribution is 2.06. The summed E-state index contributed by atoms with van der Waals surface area (Å²) < 4.78 is 0. The van der Waals surface area contributed by atoms with Crippen molar-refractivity contribution in [2.24, 2.45) is 0 Å². The van der Waals surface area contributed by atoms with Crippen LogP contribution in [-0.2, 0) is 4.79 Å². The summed E-state index contributed by atoms with van der Waals surface area (Å²) in [7, 11) is 0. The molecule has 1 nitrogen and oxygen atoms in total. The maximum atomic E-state index is 11.7. The van der Waals surface area contributed by atoms with Crippen molar-refractivity contribution in [1.29, 1.82) is 0 Å². The second-order valence-electron chi connectivity index (χ2n) is 4.73. The van der Waals surface area contributed by atoms with Gasteiger partial charge >= 0.3 is 0 Å². The molecule has 2 aromatic carbocycles. The molecule has 0 unspecified atom stereocenters. The van der Waals surface area contributed by atoms with Gasteiger partial charge < -0.3 is 0 Å². The quantitative estimate of drug-likeness (QED) is 0.590. The van der Waals surface area contributed by atoms with Crippen LogP contribution in [0.15, 0.2) is 54.6 Å². The zero-order chi connectivity index (χ0) is 14.4. The summed E-state index contributed by atoms with van der Waals surface area (Å²) in [5, 5.41) is 0. The molecule has 2 rings (SSSR count). The predicted molar refractivity (Wildman–Crippen MR) is 83.3 cm³/mol. The minimum absolute atomic E-state index is 0.187. The lowest BCUT2D eigenvalue weighted by Crippen LogP contribution is -1.86. The van der Waals surface area contributed by atoms with E-state index in [4.69, 9.17) is 0 Å². The molecule has 0 saturated carbocycles. The van der Waals surface area contributed by atoms with Gasteiger partial charge in [0.15, 0.2) is 0 Å². The van der Waals surface area contributed by atoms with Gasteiger partial charge in [-0.2, -0.15) is 0 Å². The minimum Gasteiger partial charge on any atom is -0.280 e. The number of allylic oxidation sites excluding steroid dienone is 1. The highest BCUT2D eigenvalue weighted by atomic mass is 16.1. The number of hydrogen-bond acceptors (Lipinski definition) is 1. The summed E-state index contributed by atoms with van der Waals surface area (Å²) in [5.74, 6) is 5.33. The summed E-state index contributed by atoms with van der Waals surface area (Å²) in [4.78, 5) is 11.7. The fourth-order valence-corrected chi connectivity index (χ4v) is 1.84. The Hall–Kier alpha value is -2.59. The van der Waals surface area contributed by atoms with Crippen LogP contribution in [0, 0.1) is 25.7 Å². The lowest BCUT2D eigenvalue weighted by molar-refractivity contribution is -0.109. The molecular weight excluding hydrogens is 244 g/mol. The summed E-state index contributed by atoms with van der Waals surface area (Å²) >= 11 is 0. The number of ketones is 1. The molecule has 0 aliphatic heterocycles. The molecule has 0 fully saturated rings. The van der Waals surface area contributed by atoms with Gasteiger partial charge in [0.25, 0.3) is 0 Å². The number of carbonyl (C=O) groups excluding carboxylic acids is 1. The molecule has 0 atom stereocenters. The fraction of sp³-hybridized carbons (Fsp3) is 0.105. The number of benzene rings is 2. The molecule has 0 saturated heterocycles. The second-order valence-corrected chi connectivity index (χ2v) is 4.73. The van der Waals surface area contributed by atoms with Crippen LogP contribution >= 0.6 is 0 Å². The van der Waals surface area contributed by atoms with Gasteiger partial charge in [0.2, 0.25) is 5.78 Å². The van der Waals surface area contributed by atoms with Crippen LogP contribution in [0.4, 0.5) is 0 Å². The summed E-state index contributed by atoms with van der Waals surface area (Å²) in [6.07, 6.45) is 3.30. The SMILES string of the molecule is Cc1cccc(C#CC(=O)/C=C/c2cccc(C)c2)c1. The summed E-state index contributed by atoms with van der Waals surface area (Å²) in [6.45, 7) is 4.03. The van der Waals surface area contributed by atoms with E-state index in [0.29, 0.717) is 0 Å². The van der Waals surface area contributed by atoms with Gasteiger partial charge in [0, 0.05) is 5.56 Å². The third-order valence-electron chi connectivity index (χ3n) is 2.82. The van der Waals surface area contributed by atoms with Crippen LogP contribution < -0.4 is 0 Å². The third-order valence-corrected chi connectivity index (χ3v) is 2.82. The van der Waals surface area contributed by atoms with E-state index >= 15 is 0 Å². The first kappa shape index (κ1) is 13.8. The molecule has 98 valence electrons. The highest BCUT2D eigenvalue weighted by molar-refractivity contribution is 6.06. The van der Waals surface area contributed by atoms with Crippen LogP contribution in [0.3, 0.4) is 0 Å². The lowest BCUT2D eigenvalue weighted by atomic mass is 10.1. The summed E-state index contributed by atoms with van der Waals surface area (Å²) in [6, 6.07) is 15.8. The van der Waals surface area contributed by atoms with Gasteiger partial charge in [0.05, 0.1) is 0 Å². The van der Waals surface area contributed by atoms with Crippen LogP contribution in [0.25, 0.3) is 6.08 Å². The van der Waals surface area contributed by atoms with Gasteiger partial charge in [0.1, 0.15) is 0 Å². The first-order valence-electron chi connectivity index (χ1n) is 6.51. The maximum Gasteiger partial charge on any atom is 0.229 e. The predicted octanol–water partition coefficient (Wildman–Crippen LogP) is 3.94. The van der Waals surface area contributed by atoms with Crippen molar-refractivity contribution < 1.29 is 4.79 Å². The first-order valence-corrected chi connectivity index (χ1v) is 6.51. The van der Waals surface area contributed by atoms with E-state index < -0.39 is 0 Å². The van der Waals surface area contributed by atoms with Crippen molar-refractivity contribution in [3.63, 3.8) is 0 Å². The Morgan fingerprint density at radius 2 is 1.70 bits per heavy atom. The molecule has 0 bridgehead atoms. The van der Waals surface area contributed by atoms with Crippen molar-refractivity contribution in [2.45, 2.75) is 13.8 Å². The Kier molecular flexibility index (Phi) is 4.52. The topological polar surface area (TPSA) is 17.1 Å².